The zero-order chi connectivity index (χ0) is 13.3. The van der Waals surface area contributed by atoms with E-state index in [-0.39, 0.29) is 6.61 Å². The third kappa shape index (κ3) is 2.46. The third-order valence-corrected chi connectivity index (χ3v) is 2.66. The highest BCUT2D eigenvalue weighted by Crippen LogP contribution is 2.32. The second-order valence-electron chi connectivity index (χ2n) is 3.86. The minimum atomic E-state index is -1.54. The molecular formula is C12H10ClNO4. The van der Waals surface area contributed by atoms with Gasteiger partial charge in [-0.05, 0) is 30.7 Å². The van der Waals surface area contributed by atoms with Crippen LogP contribution in [0.25, 0.3) is 6.08 Å². The van der Waals surface area contributed by atoms with Gasteiger partial charge in [-0.15, -0.1) is 0 Å². The summed E-state index contributed by atoms with van der Waals surface area (Å²) in [6.45, 7) is 1.98. The molecule has 1 aromatic rings. The quantitative estimate of drug-likeness (QED) is 0.758. The molecule has 1 amide bonds. The second-order valence-corrected chi connectivity index (χ2v) is 4.30. The van der Waals surface area contributed by atoms with Crippen molar-refractivity contribution in [1.82, 2.24) is 5.32 Å². The van der Waals surface area contributed by atoms with Crippen LogP contribution in [0.5, 0.6) is 5.75 Å². The topological polar surface area (TPSA) is 75.6 Å². The van der Waals surface area contributed by atoms with Crippen molar-refractivity contribution in [2.45, 2.75) is 6.92 Å². The lowest BCUT2D eigenvalue weighted by molar-refractivity contribution is -0.149. The standard InChI is InChI=1S/C12H10ClNO4/c1-6-2-8(13)3-7-4-9(5-18-10(6)7)14-11(15)12(16)17/h2-4H,5H2,1H3,(H,14,15)(H,16,17). The number of fused-ring (bicyclic) bond motifs is 1. The zero-order valence-electron chi connectivity index (χ0n) is 9.49. The number of carboxylic acids is 1. The van der Waals surface area contributed by atoms with Crippen LogP contribution in [0.2, 0.25) is 5.02 Å². The van der Waals surface area contributed by atoms with Crippen molar-refractivity contribution in [3.05, 3.63) is 34.0 Å². The molecule has 0 aromatic heterocycles. The van der Waals surface area contributed by atoms with E-state index in [1.54, 1.807) is 18.2 Å². The molecule has 2 N–H and O–H groups in total. The number of halogens is 1. The molecule has 0 saturated carbocycles. The van der Waals surface area contributed by atoms with Crippen molar-refractivity contribution in [3.63, 3.8) is 0 Å². The molecular weight excluding hydrogens is 258 g/mol. The van der Waals surface area contributed by atoms with Crippen LogP contribution in [-0.4, -0.2) is 23.6 Å². The van der Waals surface area contributed by atoms with Crippen molar-refractivity contribution in [2.24, 2.45) is 0 Å². The fourth-order valence-electron chi connectivity index (χ4n) is 1.71. The van der Waals surface area contributed by atoms with Crippen LogP contribution in [0.3, 0.4) is 0 Å². The van der Waals surface area contributed by atoms with E-state index in [0.29, 0.717) is 22.0 Å². The summed E-state index contributed by atoms with van der Waals surface area (Å²) in [6, 6.07) is 3.46. The maximum Gasteiger partial charge on any atom is 0.394 e. The number of benzene rings is 1. The molecule has 5 nitrogen and oxygen atoms in total. The van der Waals surface area contributed by atoms with Gasteiger partial charge < -0.3 is 15.2 Å². The monoisotopic (exact) mass is 267 g/mol. The van der Waals surface area contributed by atoms with Gasteiger partial charge in [-0.2, -0.15) is 0 Å². The Labute approximate surface area is 108 Å². The number of aliphatic carboxylic acids is 1. The van der Waals surface area contributed by atoms with Gasteiger partial charge in [0.1, 0.15) is 12.4 Å². The summed E-state index contributed by atoms with van der Waals surface area (Å²) in [5.41, 5.74) is 1.99. The lowest BCUT2D eigenvalue weighted by Gasteiger charge is -2.20. The van der Waals surface area contributed by atoms with Gasteiger partial charge in [-0.25, -0.2) is 4.79 Å². The number of rotatable bonds is 1. The number of nitrogens with one attached hydrogen (secondary N) is 1. The first kappa shape index (κ1) is 12.4. The van der Waals surface area contributed by atoms with E-state index in [1.807, 2.05) is 6.92 Å². The molecule has 0 fully saturated rings. The molecule has 0 saturated heterocycles. The van der Waals surface area contributed by atoms with Gasteiger partial charge in [-0.1, -0.05) is 11.6 Å². The Bertz CT molecular complexity index is 565. The Balaban J connectivity index is 2.30. The molecule has 94 valence electrons. The first-order valence-electron chi connectivity index (χ1n) is 5.15. The first-order chi connectivity index (χ1) is 8.47. The highest BCUT2D eigenvalue weighted by atomic mass is 35.5. The lowest BCUT2D eigenvalue weighted by atomic mass is 10.1. The number of carbonyl (C=O) groups is 2. The molecule has 0 unspecified atom stereocenters. The summed E-state index contributed by atoms with van der Waals surface area (Å²) in [6.07, 6.45) is 1.65. The number of hydrogen-bond acceptors (Lipinski definition) is 3. The van der Waals surface area contributed by atoms with E-state index >= 15 is 0 Å². The van der Waals surface area contributed by atoms with Gasteiger partial charge in [0.2, 0.25) is 0 Å². The fourth-order valence-corrected chi connectivity index (χ4v) is 1.99. The summed E-state index contributed by atoms with van der Waals surface area (Å²) in [5, 5.41) is 11.3. The van der Waals surface area contributed by atoms with Gasteiger partial charge in [0.15, 0.2) is 0 Å². The normalized spacial score (nSPS) is 13.1. The lowest BCUT2D eigenvalue weighted by Crippen LogP contribution is -2.33. The van der Waals surface area contributed by atoms with Crippen molar-refractivity contribution < 1.29 is 19.4 Å². The van der Waals surface area contributed by atoms with Crippen LogP contribution < -0.4 is 10.1 Å². The predicted molar refractivity (Wildman–Crippen MR) is 65.4 cm³/mol. The number of carboxylic acid groups (broad SMARTS) is 1. The SMILES string of the molecule is Cc1cc(Cl)cc2c1OCC(NC(=O)C(=O)O)=C2. The number of aryl methyl sites for hydroxylation is 1. The van der Waals surface area contributed by atoms with Crippen molar-refractivity contribution in [3.8, 4) is 5.75 Å². The Hall–Kier alpha value is -2.01. The number of carbonyl (C=O) groups excluding carboxylic acids is 1. The molecule has 1 heterocycles. The van der Waals surface area contributed by atoms with E-state index in [2.05, 4.69) is 5.32 Å². The number of amides is 1. The minimum absolute atomic E-state index is 0.120. The summed E-state index contributed by atoms with van der Waals surface area (Å²) in [5.74, 6) is -1.94. The number of hydrogen-bond donors (Lipinski definition) is 2. The van der Waals surface area contributed by atoms with Crippen LogP contribution in [0.15, 0.2) is 17.8 Å². The molecule has 1 aliphatic heterocycles. The van der Waals surface area contributed by atoms with E-state index < -0.39 is 11.9 Å². The van der Waals surface area contributed by atoms with Crippen molar-refractivity contribution in [1.29, 1.82) is 0 Å². The summed E-state index contributed by atoms with van der Waals surface area (Å²) < 4.78 is 5.47. The van der Waals surface area contributed by atoms with Gasteiger partial charge in [0.05, 0.1) is 5.70 Å². The van der Waals surface area contributed by atoms with E-state index in [4.69, 9.17) is 21.4 Å². The van der Waals surface area contributed by atoms with Crippen molar-refractivity contribution in [2.75, 3.05) is 6.61 Å². The molecule has 0 spiro atoms. The summed E-state index contributed by atoms with van der Waals surface area (Å²) >= 11 is 5.92. The zero-order valence-corrected chi connectivity index (χ0v) is 10.2. The molecule has 0 aliphatic carbocycles. The van der Waals surface area contributed by atoms with Gasteiger partial charge >= 0.3 is 11.9 Å². The van der Waals surface area contributed by atoms with Gasteiger partial charge in [0.25, 0.3) is 0 Å². The fraction of sp³-hybridized carbons (Fsp3) is 0.167. The van der Waals surface area contributed by atoms with Crippen LogP contribution in [0.4, 0.5) is 0 Å². The highest BCUT2D eigenvalue weighted by Gasteiger charge is 2.18. The molecule has 0 bridgehead atoms. The highest BCUT2D eigenvalue weighted by molar-refractivity contribution is 6.32. The van der Waals surface area contributed by atoms with Crippen LogP contribution in [-0.2, 0) is 9.59 Å². The Morgan fingerprint density at radius 2 is 2.17 bits per heavy atom. The molecule has 0 atom stereocenters. The Kier molecular flexibility index (Phi) is 3.25. The first-order valence-corrected chi connectivity index (χ1v) is 5.53. The third-order valence-electron chi connectivity index (χ3n) is 2.44. The van der Waals surface area contributed by atoms with Crippen molar-refractivity contribution >= 4 is 29.6 Å². The van der Waals surface area contributed by atoms with E-state index in [9.17, 15) is 9.59 Å². The molecule has 6 heteroatoms. The molecule has 0 radical (unpaired) electrons. The summed E-state index contributed by atoms with van der Waals surface area (Å²) in [7, 11) is 0. The molecule has 1 aliphatic rings. The summed E-state index contributed by atoms with van der Waals surface area (Å²) in [4.78, 5) is 21.4. The van der Waals surface area contributed by atoms with Crippen LogP contribution >= 0.6 is 11.6 Å². The average Bonchev–Trinajstić information content (AvgIpc) is 2.27. The van der Waals surface area contributed by atoms with E-state index in [0.717, 1.165) is 5.56 Å². The smallest absolute Gasteiger partial charge is 0.394 e. The van der Waals surface area contributed by atoms with Gasteiger partial charge in [-0.3, -0.25) is 4.79 Å². The molecule has 2 rings (SSSR count). The van der Waals surface area contributed by atoms with Gasteiger partial charge in [0, 0.05) is 10.6 Å². The second kappa shape index (κ2) is 4.70. The number of ether oxygens (including phenoxy) is 1. The predicted octanol–water partition coefficient (Wildman–Crippen LogP) is 1.58. The van der Waals surface area contributed by atoms with Crippen LogP contribution in [0, 0.1) is 6.92 Å². The minimum Gasteiger partial charge on any atom is -0.486 e. The van der Waals surface area contributed by atoms with Crippen LogP contribution in [0.1, 0.15) is 11.1 Å². The maximum absolute atomic E-state index is 11.0. The largest absolute Gasteiger partial charge is 0.486 e. The maximum atomic E-state index is 11.0. The Morgan fingerprint density at radius 3 is 2.83 bits per heavy atom. The molecule has 1 aromatic carbocycles. The Morgan fingerprint density at radius 1 is 1.44 bits per heavy atom. The molecule has 18 heavy (non-hydrogen) atoms. The van der Waals surface area contributed by atoms with E-state index in [1.165, 1.54) is 0 Å². The average molecular weight is 268 g/mol.